The molecule has 45 heavy (non-hydrogen) atoms. The van der Waals surface area contributed by atoms with Crippen molar-refractivity contribution < 1.29 is 21.2 Å². The number of halogens is 1. The number of hydrogen-bond acceptors (Lipinski definition) is 0. The number of benzene rings is 6. The monoisotopic (exact) mass is 695 g/mol. The summed E-state index contributed by atoms with van der Waals surface area (Å²) in [6.45, 7) is 4.68. The van der Waals surface area contributed by atoms with Crippen molar-refractivity contribution in [1.29, 1.82) is 0 Å². The van der Waals surface area contributed by atoms with E-state index in [2.05, 4.69) is 156 Å². The fourth-order valence-electron chi connectivity index (χ4n) is 7.93. The first kappa shape index (κ1) is 27.3. The molecule has 0 aliphatic carbocycles. The van der Waals surface area contributed by atoms with Gasteiger partial charge in [0.1, 0.15) is 0 Å². The Hall–Kier alpha value is -4.03. The third-order valence-electron chi connectivity index (χ3n) is 10.7. The Bertz CT molecular complexity index is 2230. The van der Waals surface area contributed by atoms with Crippen LogP contribution in [0.25, 0.3) is 55.6 Å². The van der Waals surface area contributed by atoms with Crippen molar-refractivity contribution in [3.63, 3.8) is 0 Å². The van der Waals surface area contributed by atoms with Crippen LogP contribution in [0.5, 0.6) is 0 Å². The summed E-state index contributed by atoms with van der Waals surface area (Å²) in [6, 6.07) is 46.8. The zero-order valence-electron chi connectivity index (χ0n) is 26.4. The maximum absolute atomic E-state index is 2.48. The molecule has 6 aromatic carbocycles. The van der Waals surface area contributed by atoms with Crippen molar-refractivity contribution >= 4 is 22.7 Å². The third kappa shape index (κ3) is 3.75. The minimum absolute atomic E-state index is 0.260. The number of quaternary nitrogens is 2. The van der Waals surface area contributed by atoms with Crippen LogP contribution in [0.3, 0.4) is 0 Å². The van der Waals surface area contributed by atoms with Crippen LogP contribution in [-0.4, -0.2) is 27.2 Å². The summed E-state index contributed by atoms with van der Waals surface area (Å²) in [4.78, 5) is 0. The van der Waals surface area contributed by atoms with E-state index in [0.29, 0.717) is 6.04 Å². The van der Waals surface area contributed by atoms with Crippen molar-refractivity contribution in [3.8, 4) is 55.6 Å². The molecular weight excluding hydrogens is 659 g/mol. The Balaban J connectivity index is 1.06. The van der Waals surface area contributed by atoms with Gasteiger partial charge in [-0.1, -0.05) is 0 Å². The van der Waals surface area contributed by atoms with E-state index in [-0.39, 0.29) is 21.2 Å². The van der Waals surface area contributed by atoms with E-state index in [1.54, 1.807) is 0 Å². The third-order valence-corrected chi connectivity index (χ3v) is 13.7. The molecule has 9 rings (SSSR count). The molecule has 0 amide bonds. The normalized spacial score (nSPS) is 18.0. The number of nitrogens with zero attached hydrogens (tertiary/aromatic N) is 2. The number of rotatable bonds is 3. The van der Waals surface area contributed by atoms with Gasteiger partial charge >= 0.3 is 278 Å². The number of hydrogen-bond donors (Lipinski definition) is 0. The average Bonchev–Trinajstić information content (AvgIpc) is 3.64. The van der Waals surface area contributed by atoms with Gasteiger partial charge in [0.05, 0.1) is 0 Å². The van der Waals surface area contributed by atoms with Crippen LogP contribution in [0.2, 0.25) is 0 Å². The summed E-state index contributed by atoms with van der Waals surface area (Å²) in [5.74, 6) is 0. The molecule has 6 aromatic rings. The van der Waals surface area contributed by atoms with E-state index >= 15 is 0 Å². The summed E-state index contributed by atoms with van der Waals surface area (Å²) in [7, 11) is 6.99. The van der Waals surface area contributed by atoms with E-state index < -0.39 is 0 Å². The van der Waals surface area contributed by atoms with Gasteiger partial charge in [0, 0.05) is 0 Å². The average molecular weight is 696 g/mol. The zero-order valence-corrected chi connectivity index (χ0v) is 28.6. The van der Waals surface area contributed by atoms with Crippen LogP contribution < -0.4 is 30.2 Å². The van der Waals surface area contributed by atoms with Gasteiger partial charge in [0.15, 0.2) is 0 Å². The molecule has 220 valence electrons. The van der Waals surface area contributed by atoms with Gasteiger partial charge < -0.3 is 0 Å². The molecule has 0 fully saturated rings. The van der Waals surface area contributed by atoms with E-state index in [0.717, 1.165) is 8.97 Å². The second-order valence-corrected chi connectivity index (χ2v) is 16.5. The van der Waals surface area contributed by atoms with E-state index in [9.17, 15) is 0 Å². The quantitative estimate of drug-likeness (QED) is 0.132. The van der Waals surface area contributed by atoms with Gasteiger partial charge in [0.2, 0.25) is 0 Å². The summed E-state index contributed by atoms with van der Waals surface area (Å²) in [5, 5.41) is 0. The minimum atomic E-state index is -0.260. The van der Waals surface area contributed by atoms with E-state index in [1.807, 2.05) is 0 Å². The van der Waals surface area contributed by atoms with Crippen LogP contribution in [0.1, 0.15) is 13.8 Å². The van der Waals surface area contributed by atoms with Gasteiger partial charge in [-0.15, -0.1) is 0 Å². The van der Waals surface area contributed by atoms with Crippen molar-refractivity contribution in [2.24, 2.45) is 0 Å². The van der Waals surface area contributed by atoms with Crippen molar-refractivity contribution in [1.82, 2.24) is 8.97 Å². The van der Waals surface area contributed by atoms with Crippen LogP contribution >= 0.6 is 0 Å². The van der Waals surface area contributed by atoms with Crippen LogP contribution in [0.4, 0.5) is 22.7 Å². The first-order valence-corrected chi connectivity index (χ1v) is 18.0. The van der Waals surface area contributed by atoms with E-state index in [1.165, 1.54) is 85.5 Å². The fraction of sp³-hybridized carbons (Fsp3) is 0.143. The molecule has 0 bridgehead atoms. The zero-order chi connectivity index (χ0) is 30.7. The van der Waals surface area contributed by atoms with Gasteiger partial charge in [-0.05, 0) is 0 Å². The molecule has 0 aromatic heterocycles. The Morgan fingerprint density at radius 3 is 1.42 bits per heavy atom. The molecule has 0 saturated carbocycles. The molecule has 3 aliphatic rings. The summed E-state index contributed by atoms with van der Waals surface area (Å²) in [5.41, 5.74) is 19.1. The van der Waals surface area contributed by atoms with Gasteiger partial charge in [-0.25, -0.2) is 0 Å². The van der Waals surface area contributed by atoms with Gasteiger partial charge in [-0.2, -0.15) is 0 Å². The Morgan fingerprint density at radius 1 is 0.422 bits per heavy atom. The molecule has 3 heterocycles. The summed E-state index contributed by atoms with van der Waals surface area (Å²) < 4.78 is 4.70. The molecule has 1 atom stereocenters. The number of para-hydroxylation sites is 2. The van der Waals surface area contributed by atoms with Crippen molar-refractivity contribution in [3.05, 3.63) is 128 Å². The fourth-order valence-corrected chi connectivity index (χ4v) is 11.1. The molecule has 0 spiro atoms. The standard InChI is InChI=1S/C42H36IN2/c1-26(2)45(5)40-13-9-7-11-34(40)36-21-17-30(25-42(36)45)28-15-19-32-31-18-14-27(22-37(31)43-38(32)23-28)29-16-20-35-33-10-6-8-12-39(33)44(3,4)41(35)24-29/h6-26H,1-5H3/q+1. The SMILES string of the molecule is CC(C)[N+]1(C)c2ccccc2-c2ccc(-c3ccc4c(c3)[I-]c3cc(-c5ccc6c(c5)[N+](C)(C)c5ccccc5-6)ccc3-4)cc21. The number of fused-ring (bicyclic) bond motifs is 9. The van der Waals surface area contributed by atoms with Gasteiger partial charge in [0.25, 0.3) is 0 Å². The van der Waals surface area contributed by atoms with Crippen LogP contribution in [0, 0.1) is 7.14 Å². The van der Waals surface area contributed by atoms with Gasteiger partial charge in [-0.3, -0.25) is 0 Å². The summed E-state index contributed by atoms with van der Waals surface area (Å²) in [6.07, 6.45) is 0. The van der Waals surface area contributed by atoms with Crippen LogP contribution in [0.15, 0.2) is 121 Å². The second-order valence-electron chi connectivity index (χ2n) is 13.6. The molecule has 0 saturated heterocycles. The maximum atomic E-state index is 2.48. The molecule has 0 N–H and O–H groups in total. The first-order valence-electron chi connectivity index (χ1n) is 15.9. The predicted octanol–water partition coefficient (Wildman–Crippen LogP) is 7.67. The summed E-state index contributed by atoms with van der Waals surface area (Å²) >= 11 is -0.260. The molecule has 0 radical (unpaired) electrons. The Labute approximate surface area is 276 Å². The molecule has 2 nitrogen and oxygen atoms in total. The second kappa shape index (κ2) is 9.49. The van der Waals surface area contributed by atoms with Crippen LogP contribution in [-0.2, 0) is 0 Å². The Morgan fingerprint density at radius 2 is 0.844 bits per heavy atom. The predicted molar refractivity (Wildman–Crippen MR) is 187 cm³/mol. The molecule has 3 aliphatic heterocycles. The Kier molecular flexibility index (Phi) is 5.76. The van der Waals surface area contributed by atoms with Crippen molar-refractivity contribution in [2.45, 2.75) is 19.9 Å². The van der Waals surface area contributed by atoms with Crippen molar-refractivity contribution in [2.75, 3.05) is 21.1 Å². The topological polar surface area (TPSA) is 0 Å². The molecular formula is C42H36IN2+. The molecule has 3 heteroatoms. The first-order chi connectivity index (χ1) is 21.7. The van der Waals surface area contributed by atoms with E-state index in [4.69, 9.17) is 0 Å². The molecule has 1 unspecified atom stereocenters.